The average molecular weight is 387 g/mol. The maximum absolute atomic E-state index is 12.7. The van der Waals surface area contributed by atoms with E-state index in [1.807, 2.05) is 12.1 Å². The zero-order chi connectivity index (χ0) is 20.1. The first-order valence-electron chi connectivity index (χ1n) is 8.34. The molecule has 2 aromatic carbocycles. The molecule has 7 heteroatoms. The zero-order valence-corrected chi connectivity index (χ0v) is 14.9. The molecule has 0 aliphatic carbocycles. The average Bonchev–Trinajstić information content (AvgIpc) is 3.04. The molecule has 0 fully saturated rings. The second-order valence-corrected chi connectivity index (χ2v) is 5.90. The second kappa shape index (κ2) is 8.19. The van der Waals surface area contributed by atoms with Crippen molar-refractivity contribution in [1.29, 1.82) is 0 Å². The van der Waals surface area contributed by atoms with Crippen molar-refractivity contribution in [2.24, 2.45) is 0 Å². The van der Waals surface area contributed by atoms with Crippen molar-refractivity contribution in [2.75, 3.05) is 13.7 Å². The van der Waals surface area contributed by atoms with Crippen LogP contribution in [-0.2, 0) is 17.5 Å². The molecule has 0 unspecified atom stereocenters. The van der Waals surface area contributed by atoms with Gasteiger partial charge in [-0.15, -0.1) is 0 Å². The highest BCUT2D eigenvalue weighted by Gasteiger charge is 2.30. The molecule has 1 heterocycles. The van der Waals surface area contributed by atoms with Crippen molar-refractivity contribution in [3.8, 4) is 11.8 Å². The monoisotopic (exact) mass is 387 g/mol. The summed E-state index contributed by atoms with van der Waals surface area (Å²) in [6.45, 7) is 0.161. The largest absolute Gasteiger partial charge is 0.451 e. The van der Waals surface area contributed by atoms with Crippen LogP contribution in [0.2, 0.25) is 0 Å². The lowest BCUT2D eigenvalue weighted by atomic mass is 10.1. The summed E-state index contributed by atoms with van der Waals surface area (Å²) in [7, 11) is 1.52. The number of methoxy groups -OCH3 is 1. The fourth-order valence-corrected chi connectivity index (χ4v) is 2.69. The minimum absolute atomic E-state index is 0.0431. The Morgan fingerprint density at radius 3 is 2.71 bits per heavy atom. The highest BCUT2D eigenvalue weighted by atomic mass is 19.4. The molecule has 3 aromatic rings. The van der Waals surface area contributed by atoms with E-state index >= 15 is 0 Å². The van der Waals surface area contributed by atoms with Crippen LogP contribution in [0, 0.1) is 11.8 Å². The third kappa shape index (κ3) is 4.35. The minimum atomic E-state index is -4.43. The molecule has 0 atom stereocenters. The van der Waals surface area contributed by atoms with Gasteiger partial charge in [-0.2, -0.15) is 13.2 Å². The SMILES string of the molecule is COCc1c(C(=O)NCC#Cc2cccc(C(F)(F)F)c2)oc2ccccc12. The molecule has 28 heavy (non-hydrogen) atoms. The summed E-state index contributed by atoms with van der Waals surface area (Å²) in [5, 5.41) is 3.37. The number of furan rings is 1. The van der Waals surface area contributed by atoms with E-state index in [1.54, 1.807) is 12.1 Å². The summed E-state index contributed by atoms with van der Waals surface area (Å²) >= 11 is 0. The number of rotatable bonds is 4. The molecular formula is C21H16F3NO3. The number of halogens is 3. The van der Waals surface area contributed by atoms with Gasteiger partial charge in [0.1, 0.15) is 5.58 Å². The summed E-state index contributed by atoms with van der Waals surface area (Å²) in [4.78, 5) is 12.4. The molecule has 0 saturated heterocycles. The maximum atomic E-state index is 12.7. The van der Waals surface area contributed by atoms with Crippen LogP contribution in [0.4, 0.5) is 13.2 Å². The molecule has 0 aliphatic rings. The van der Waals surface area contributed by atoms with E-state index in [2.05, 4.69) is 17.2 Å². The van der Waals surface area contributed by atoms with E-state index in [9.17, 15) is 18.0 Å². The first-order chi connectivity index (χ1) is 13.4. The number of fused-ring (bicyclic) bond motifs is 1. The molecule has 0 radical (unpaired) electrons. The van der Waals surface area contributed by atoms with E-state index in [0.717, 1.165) is 17.5 Å². The van der Waals surface area contributed by atoms with Gasteiger partial charge in [0.05, 0.1) is 18.7 Å². The molecule has 1 N–H and O–H groups in total. The number of carbonyl (C=O) groups is 1. The van der Waals surface area contributed by atoms with Gasteiger partial charge in [0.25, 0.3) is 5.91 Å². The molecule has 144 valence electrons. The van der Waals surface area contributed by atoms with Crippen molar-refractivity contribution in [3.05, 3.63) is 71.0 Å². The molecule has 0 spiro atoms. The van der Waals surface area contributed by atoms with Gasteiger partial charge in [-0.05, 0) is 24.3 Å². The Balaban J connectivity index is 1.72. The quantitative estimate of drug-likeness (QED) is 0.676. The van der Waals surface area contributed by atoms with Crippen LogP contribution < -0.4 is 5.32 Å². The van der Waals surface area contributed by atoms with Gasteiger partial charge in [0.15, 0.2) is 5.76 Å². The fraction of sp³-hybridized carbons (Fsp3) is 0.190. The highest BCUT2D eigenvalue weighted by Crippen LogP contribution is 2.29. The van der Waals surface area contributed by atoms with E-state index in [0.29, 0.717) is 11.1 Å². The van der Waals surface area contributed by atoms with Crippen LogP contribution in [0.3, 0.4) is 0 Å². The number of ether oxygens (including phenoxy) is 1. The number of carbonyl (C=O) groups excluding carboxylic acids is 1. The number of alkyl halides is 3. The minimum Gasteiger partial charge on any atom is -0.451 e. The van der Waals surface area contributed by atoms with Gasteiger partial charge in [0, 0.05) is 23.6 Å². The Morgan fingerprint density at radius 2 is 1.96 bits per heavy atom. The van der Waals surface area contributed by atoms with Crippen LogP contribution in [0.25, 0.3) is 11.0 Å². The summed E-state index contributed by atoms with van der Waals surface area (Å²) in [5.74, 6) is 4.91. The first-order valence-corrected chi connectivity index (χ1v) is 8.34. The van der Waals surface area contributed by atoms with Gasteiger partial charge >= 0.3 is 6.18 Å². The fourth-order valence-electron chi connectivity index (χ4n) is 2.69. The summed E-state index contributed by atoms with van der Waals surface area (Å²) in [5.41, 5.74) is 0.638. The lowest BCUT2D eigenvalue weighted by Crippen LogP contribution is -2.24. The highest BCUT2D eigenvalue weighted by molar-refractivity contribution is 5.99. The van der Waals surface area contributed by atoms with E-state index < -0.39 is 17.6 Å². The van der Waals surface area contributed by atoms with Crippen LogP contribution in [0.15, 0.2) is 52.9 Å². The Morgan fingerprint density at radius 1 is 1.18 bits per heavy atom. The lowest BCUT2D eigenvalue weighted by molar-refractivity contribution is -0.137. The van der Waals surface area contributed by atoms with Crippen LogP contribution in [-0.4, -0.2) is 19.6 Å². The van der Waals surface area contributed by atoms with Gasteiger partial charge in [-0.1, -0.05) is 36.1 Å². The normalized spacial score (nSPS) is 11.1. The molecule has 3 rings (SSSR count). The predicted molar refractivity (Wildman–Crippen MR) is 97.6 cm³/mol. The molecular weight excluding hydrogens is 371 g/mol. The van der Waals surface area contributed by atoms with Crippen molar-refractivity contribution >= 4 is 16.9 Å². The molecule has 0 bridgehead atoms. The van der Waals surface area contributed by atoms with E-state index in [-0.39, 0.29) is 24.5 Å². The van der Waals surface area contributed by atoms with Gasteiger partial charge in [-0.3, -0.25) is 4.79 Å². The maximum Gasteiger partial charge on any atom is 0.416 e. The molecule has 0 aliphatic heterocycles. The topological polar surface area (TPSA) is 51.5 Å². The summed E-state index contributed by atoms with van der Waals surface area (Å²) in [6.07, 6.45) is -4.43. The zero-order valence-electron chi connectivity index (χ0n) is 14.9. The number of hydrogen-bond acceptors (Lipinski definition) is 3. The van der Waals surface area contributed by atoms with Crippen molar-refractivity contribution < 1.29 is 27.1 Å². The number of para-hydroxylation sites is 1. The Labute approximate surface area is 159 Å². The van der Waals surface area contributed by atoms with Gasteiger partial charge in [0.2, 0.25) is 0 Å². The van der Waals surface area contributed by atoms with Crippen molar-refractivity contribution in [3.63, 3.8) is 0 Å². The Bertz CT molecular complexity index is 1060. The van der Waals surface area contributed by atoms with E-state index in [1.165, 1.54) is 19.2 Å². The third-order valence-electron chi connectivity index (χ3n) is 3.95. The number of benzene rings is 2. The van der Waals surface area contributed by atoms with Gasteiger partial charge < -0.3 is 14.5 Å². The standard InChI is InChI=1S/C21H16F3NO3/c1-27-13-17-16-9-2-3-10-18(16)28-19(17)20(26)25-11-5-7-14-6-4-8-15(12-14)21(22,23)24/h2-4,6,8-10,12H,11,13H2,1H3,(H,25,26). The van der Waals surface area contributed by atoms with Crippen molar-refractivity contribution in [2.45, 2.75) is 12.8 Å². The van der Waals surface area contributed by atoms with E-state index in [4.69, 9.17) is 9.15 Å². The smallest absolute Gasteiger partial charge is 0.416 e. The van der Waals surface area contributed by atoms with Crippen LogP contribution in [0.1, 0.15) is 27.2 Å². The molecule has 1 amide bonds. The predicted octanol–water partition coefficient (Wildman–Crippen LogP) is 4.38. The summed E-state index contributed by atoms with van der Waals surface area (Å²) < 4.78 is 48.9. The van der Waals surface area contributed by atoms with Gasteiger partial charge in [-0.25, -0.2) is 0 Å². The van der Waals surface area contributed by atoms with Crippen LogP contribution >= 0.6 is 0 Å². The number of amides is 1. The molecule has 4 nitrogen and oxygen atoms in total. The molecule has 0 saturated carbocycles. The number of hydrogen-bond donors (Lipinski definition) is 1. The Kier molecular flexibility index (Phi) is 5.71. The molecule has 1 aromatic heterocycles. The third-order valence-corrected chi connectivity index (χ3v) is 3.95. The first kappa shape index (κ1) is 19.5. The second-order valence-electron chi connectivity index (χ2n) is 5.90. The number of nitrogens with one attached hydrogen (secondary N) is 1. The summed E-state index contributed by atoms with van der Waals surface area (Å²) in [6, 6.07) is 11.9. The Hall–Kier alpha value is -3.24. The lowest BCUT2D eigenvalue weighted by Gasteiger charge is -2.05. The van der Waals surface area contributed by atoms with Crippen molar-refractivity contribution in [1.82, 2.24) is 5.32 Å². The van der Waals surface area contributed by atoms with Crippen LogP contribution in [0.5, 0.6) is 0 Å².